The molecule has 0 saturated heterocycles. The van der Waals surface area contributed by atoms with Gasteiger partial charge in [-0.3, -0.25) is 4.79 Å². The number of rotatable bonds is 7. The van der Waals surface area contributed by atoms with Gasteiger partial charge in [0.05, 0.1) is 26.9 Å². The van der Waals surface area contributed by atoms with Gasteiger partial charge in [0.2, 0.25) is 5.91 Å². The lowest BCUT2D eigenvalue weighted by atomic mass is 9.97. The Morgan fingerprint density at radius 1 is 1.17 bits per heavy atom. The first-order chi connectivity index (χ1) is 11.6. The summed E-state index contributed by atoms with van der Waals surface area (Å²) >= 11 is 1.70. The van der Waals surface area contributed by atoms with Crippen molar-refractivity contribution in [3.63, 3.8) is 0 Å². The fourth-order valence-electron chi connectivity index (χ4n) is 2.79. The summed E-state index contributed by atoms with van der Waals surface area (Å²) in [6, 6.07) is 3.71. The van der Waals surface area contributed by atoms with Crippen molar-refractivity contribution in [3.05, 3.63) is 23.8 Å². The number of hydrogen-bond acceptors (Lipinski definition) is 5. The fraction of sp³-hybridized carbons (Fsp3) is 0.500. The molecule has 0 aromatic heterocycles. The van der Waals surface area contributed by atoms with Gasteiger partial charge in [-0.25, -0.2) is 0 Å². The van der Waals surface area contributed by atoms with Crippen LogP contribution in [-0.4, -0.2) is 57.2 Å². The molecule has 1 heterocycles. The van der Waals surface area contributed by atoms with E-state index in [1.807, 2.05) is 23.3 Å². The van der Waals surface area contributed by atoms with Crippen molar-refractivity contribution in [1.29, 1.82) is 0 Å². The molecule has 0 atom stereocenters. The van der Waals surface area contributed by atoms with Gasteiger partial charge < -0.3 is 19.1 Å². The average Bonchev–Trinajstić information content (AvgIpc) is 2.64. The average molecular weight is 351 g/mol. The molecule has 1 aliphatic heterocycles. The van der Waals surface area contributed by atoms with Crippen LogP contribution in [0.1, 0.15) is 18.4 Å². The monoisotopic (exact) mass is 351 g/mol. The molecular formula is C18H25NO4S. The van der Waals surface area contributed by atoms with Crippen LogP contribution in [0.5, 0.6) is 17.2 Å². The Morgan fingerprint density at radius 3 is 2.29 bits per heavy atom. The smallest absolute Gasteiger partial charge is 0.223 e. The number of ether oxygens (including phenoxy) is 3. The molecule has 1 amide bonds. The second-order valence-corrected chi connectivity index (χ2v) is 6.45. The van der Waals surface area contributed by atoms with Crippen LogP contribution in [0.4, 0.5) is 0 Å². The van der Waals surface area contributed by atoms with Crippen LogP contribution in [0.2, 0.25) is 0 Å². The summed E-state index contributed by atoms with van der Waals surface area (Å²) in [5.41, 5.74) is 2.08. The highest BCUT2D eigenvalue weighted by molar-refractivity contribution is 7.98. The molecule has 0 unspecified atom stereocenters. The topological polar surface area (TPSA) is 48.0 Å². The van der Waals surface area contributed by atoms with E-state index in [0.29, 0.717) is 18.7 Å². The highest BCUT2D eigenvalue weighted by Crippen LogP contribution is 2.40. The summed E-state index contributed by atoms with van der Waals surface area (Å²) in [5, 5.41) is 0. The molecule has 0 saturated carbocycles. The van der Waals surface area contributed by atoms with E-state index in [9.17, 15) is 4.79 Å². The maximum Gasteiger partial charge on any atom is 0.223 e. The Hall–Kier alpha value is -1.82. The summed E-state index contributed by atoms with van der Waals surface area (Å²) in [7, 11) is 4.89. The Bertz CT molecular complexity index is 590. The normalized spacial score (nSPS) is 14.2. The standard InChI is InChI=1S/C18H25NO4S/c1-21-14-11-15(22-2)18(16(12-14)23-3)13-5-8-19(9-6-13)17(20)7-10-24-4/h5,11-12H,6-10H2,1-4H3. The predicted octanol–water partition coefficient (Wildman–Crippen LogP) is 3.08. The van der Waals surface area contributed by atoms with Gasteiger partial charge in [0.15, 0.2) is 0 Å². The number of methoxy groups -OCH3 is 3. The van der Waals surface area contributed by atoms with E-state index in [1.54, 1.807) is 33.1 Å². The minimum Gasteiger partial charge on any atom is -0.496 e. The SMILES string of the molecule is COc1cc(OC)c(C2=CCN(C(=O)CCSC)CC2)c(OC)c1. The minimum atomic E-state index is 0.216. The third-order valence-electron chi connectivity index (χ3n) is 4.12. The number of thioether (sulfide) groups is 1. The van der Waals surface area contributed by atoms with E-state index >= 15 is 0 Å². The summed E-state index contributed by atoms with van der Waals surface area (Å²) in [6.07, 6.45) is 5.49. The molecule has 1 aromatic rings. The zero-order chi connectivity index (χ0) is 17.5. The van der Waals surface area contributed by atoms with Crippen molar-refractivity contribution in [2.24, 2.45) is 0 Å². The molecule has 0 N–H and O–H groups in total. The van der Waals surface area contributed by atoms with Crippen molar-refractivity contribution in [1.82, 2.24) is 4.90 Å². The number of nitrogens with zero attached hydrogens (tertiary/aromatic N) is 1. The van der Waals surface area contributed by atoms with Crippen molar-refractivity contribution >= 4 is 23.2 Å². The Balaban J connectivity index is 2.23. The molecule has 1 aromatic carbocycles. The summed E-state index contributed by atoms with van der Waals surface area (Å²) in [6.45, 7) is 1.35. The molecule has 24 heavy (non-hydrogen) atoms. The van der Waals surface area contributed by atoms with Crippen molar-refractivity contribution in [3.8, 4) is 17.2 Å². The van der Waals surface area contributed by atoms with Gasteiger partial charge >= 0.3 is 0 Å². The fourth-order valence-corrected chi connectivity index (χ4v) is 3.17. The number of carbonyl (C=O) groups is 1. The van der Waals surface area contributed by atoms with Crippen LogP contribution in [0.15, 0.2) is 18.2 Å². The molecule has 2 rings (SSSR count). The van der Waals surface area contributed by atoms with Gasteiger partial charge in [0.25, 0.3) is 0 Å². The van der Waals surface area contributed by atoms with Crippen LogP contribution < -0.4 is 14.2 Å². The molecule has 1 aliphatic rings. The van der Waals surface area contributed by atoms with Crippen LogP contribution in [0.3, 0.4) is 0 Å². The van der Waals surface area contributed by atoms with Crippen molar-refractivity contribution in [2.45, 2.75) is 12.8 Å². The summed E-state index contributed by atoms with van der Waals surface area (Å²) in [4.78, 5) is 14.1. The quantitative estimate of drug-likeness (QED) is 0.755. The lowest BCUT2D eigenvalue weighted by Crippen LogP contribution is -2.34. The first-order valence-electron chi connectivity index (χ1n) is 7.90. The van der Waals surface area contributed by atoms with Crippen molar-refractivity contribution in [2.75, 3.05) is 46.4 Å². The number of amides is 1. The first-order valence-corrected chi connectivity index (χ1v) is 9.30. The van der Waals surface area contributed by atoms with Gasteiger partial charge in [-0.1, -0.05) is 6.08 Å². The molecule has 0 aliphatic carbocycles. The van der Waals surface area contributed by atoms with Gasteiger partial charge in [-0.2, -0.15) is 11.8 Å². The lowest BCUT2D eigenvalue weighted by molar-refractivity contribution is -0.130. The van der Waals surface area contributed by atoms with E-state index in [0.717, 1.165) is 41.4 Å². The molecule has 132 valence electrons. The van der Waals surface area contributed by atoms with Gasteiger partial charge in [0, 0.05) is 37.4 Å². The zero-order valence-electron chi connectivity index (χ0n) is 14.8. The molecule has 0 spiro atoms. The van der Waals surface area contributed by atoms with E-state index in [4.69, 9.17) is 14.2 Å². The van der Waals surface area contributed by atoms with E-state index < -0.39 is 0 Å². The highest BCUT2D eigenvalue weighted by atomic mass is 32.2. The number of carbonyl (C=O) groups excluding carboxylic acids is 1. The Labute approximate surface area is 148 Å². The van der Waals surface area contributed by atoms with Crippen molar-refractivity contribution < 1.29 is 19.0 Å². The second-order valence-electron chi connectivity index (χ2n) is 5.47. The zero-order valence-corrected chi connectivity index (χ0v) is 15.6. The van der Waals surface area contributed by atoms with Gasteiger partial charge in [0.1, 0.15) is 17.2 Å². The van der Waals surface area contributed by atoms with E-state index in [1.165, 1.54) is 0 Å². The molecule has 0 fully saturated rings. The minimum absolute atomic E-state index is 0.216. The third kappa shape index (κ3) is 4.17. The molecule has 0 radical (unpaired) electrons. The van der Waals surface area contributed by atoms with Gasteiger partial charge in [-0.15, -0.1) is 0 Å². The summed E-state index contributed by atoms with van der Waals surface area (Å²) in [5.74, 6) is 3.22. The van der Waals surface area contributed by atoms with Crippen LogP contribution >= 0.6 is 11.8 Å². The summed E-state index contributed by atoms with van der Waals surface area (Å²) < 4.78 is 16.3. The van der Waals surface area contributed by atoms with Gasteiger partial charge in [-0.05, 0) is 18.2 Å². The molecule has 5 nitrogen and oxygen atoms in total. The predicted molar refractivity (Wildman–Crippen MR) is 98.3 cm³/mol. The number of hydrogen-bond donors (Lipinski definition) is 0. The molecular weight excluding hydrogens is 326 g/mol. The number of benzene rings is 1. The van der Waals surface area contributed by atoms with Crippen LogP contribution in [0, 0.1) is 0 Å². The van der Waals surface area contributed by atoms with E-state index in [2.05, 4.69) is 6.08 Å². The van der Waals surface area contributed by atoms with Crippen LogP contribution in [0.25, 0.3) is 5.57 Å². The molecule has 6 heteroatoms. The second kappa shape index (κ2) is 8.87. The maximum absolute atomic E-state index is 12.1. The highest BCUT2D eigenvalue weighted by Gasteiger charge is 2.22. The lowest BCUT2D eigenvalue weighted by Gasteiger charge is -2.28. The Kier molecular flexibility index (Phi) is 6.85. The largest absolute Gasteiger partial charge is 0.496 e. The Morgan fingerprint density at radius 2 is 1.83 bits per heavy atom. The molecule has 0 bridgehead atoms. The maximum atomic E-state index is 12.1. The van der Waals surface area contributed by atoms with Crippen LogP contribution in [-0.2, 0) is 4.79 Å². The van der Waals surface area contributed by atoms with E-state index in [-0.39, 0.29) is 5.91 Å². The third-order valence-corrected chi connectivity index (χ3v) is 4.73. The first kappa shape index (κ1) is 18.5.